The molecule has 0 saturated carbocycles. The van der Waals surface area contributed by atoms with Crippen LogP contribution in [0.3, 0.4) is 0 Å². The predicted molar refractivity (Wildman–Crippen MR) is 414 cm³/mol. The molecule has 3 amide bonds. The number of β-amino-alcohol motifs (C(OH)–C–C–N with tert-alkyl or cyclic N) is 1. The summed E-state index contributed by atoms with van der Waals surface area (Å²) in [5.41, 5.74) is -1.44. The average Bonchev–Trinajstić information content (AvgIpc) is 1.72. The van der Waals surface area contributed by atoms with E-state index in [-0.39, 0.29) is 188 Å². The van der Waals surface area contributed by atoms with Crippen molar-refractivity contribution in [1.82, 2.24) is 15.5 Å². The molecular weight excluding hydrogens is 1470 g/mol. The molecule has 16 unspecified atom stereocenters. The lowest BCUT2D eigenvalue weighted by atomic mass is 9.83. The van der Waals surface area contributed by atoms with Gasteiger partial charge in [-0.25, -0.2) is 0 Å². The first kappa shape index (κ1) is 101. The minimum absolute atomic E-state index is 0.0170. The molecule has 0 aromatic carbocycles. The Morgan fingerprint density at radius 2 is 0.726 bits per heavy atom. The number of Topliss-reactive ketones (excluding diaryl/α,β-unsaturated/α-hetero) is 5. The fraction of sp³-hybridized carbons (Fsp3) is 0.902. The van der Waals surface area contributed by atoms with Crippen LogP contribution in [0, 0.1) is 23.2 Å². The van der Waals surface area contributed by atoms with E-state index in [2.05, 4.69) is 10.6 Å². The van der Waals surface area contributed by atoms with E-state index < -0.39 is 123 Å². The first-order chi connectivity index (χ1) is 54.0. The van der Waals surface area contributed by atoms with E-state index in [9.17, 15) is 89.4 Å². The third kappa shape index (κ3) is 41.0. The standard InChI is InChI=1S/C82H145N3O28/c1-56-72(98)75(101)66(49-86)111-78(56)107-40-23-21-30-60(89)26-16-13-17-27-61(90)34-42-104-53-82(47-64(93)31-15-11-9-7-8-10-12-20-33-71(97)85-48-65(94)46-59(85)52-110-81(4,5)6,54-105-43-35-62(91)28-18-14-19-29-63(92)36-45-109-80-58(3)74(100)77(103)68(51-88)113-80)55-106-44-37-70(96)84-39-25-38-83-69(95)32-22-24-41-108-79-57(2)73(99)76(102)67(50-87)112-79/h56-59,65-68,72-80,86-88,94,98-103H,7-55H2,1-6H3,(H,83,95)(H,84,96)/t56?,57?,58?,59-,65+,66?,67?,68?,72?,73?,74?,75?,76?,77?,78?,79?,80?,82?/m0/s1. The van der Waals surface area contributed by atoms with Crippen molar-refractivity contribution < 1.29 is 137 Å². The highest BCUT2D eigenvalue weighted by Gasteiger charge is 2.45. The highest BCUT2D eigenvalue weighted by molar-refractivity contribution is 5.81. The molecule has 0 aromatic heterocycles. The molecule has 4 aliphatic rings. The normalized spacial score (nSPS) is 26.6. The number of carbonyl (C=O) groups excluding carboxylic acids is 8. The van der Waals surface area contributed by atoms with Crippen molar-refractivity contribution in [2.75, 3.05) is 106 Å². The maximum Gasteiger partial charge on any atom is 0.222 e. The summed E-state index contributed by atoms with van der Waals surface area (Å²) in [5, 5.41) is 106. The van der Waals surface area contributed by atoms with E-state index >= 15 is 0 Å². The highest BCUT2D eigenvalue weighted by atomic mass is 16.7. The molecule has 4 heterocycles. The number of hydrogen-bond donors (Lipinski definition) is 12. The number of aliphatic hydroxyl groups is 10. The monoisotopic (exact) mass is 1620 g/mol. The Morgan fingerprint density at radius 1 is 0.389 bits per heavy atom. The molecule has 31 heteroatoms. The second-order valence-electron chi connectivity index (χ2n) is 32.8. The van der Waals surface area contributed by atoms with E-state index in [1.54, 1.807) is 25.7 Å². The second-order valence-corrected chi connectivity index (χ2v) is 32.8. The molecule has 31 nitrogen and oxygen atoms in total. The molecule has 4 aliphatic heterocycles. The number of rotatable bonds is 65. The van der Waals surface area contributed by atoms with E-state index in [4.69, 9.17) is 47.4 Å². The molecule has 0 aliphatic carbocycles. The van der Waals surface area contributed by atoms with Crippen molar-refractivity contribution in [3.05, 3.63) is 0 Å². The largest absolute Gasteiger partial charge is 0.394 e. The zero-order valence-corrected chi connectivity index (χ0v) is 68.7. The number of hydrogen-bond acceptors (Lipinski definition) is 28. The Hall–Kier alpha value is -4.04. The van der Waals surface area contributed by atoms with Crippen molar-refractivity contribution in [3.63, 3.8) is 0 Å². The van der Waals surface area contributed by atoms with Crippen molar-refractivity contribution >= 4 is 46.6 Å². The number of ether oxygens (including phenoxy) is 10. The van der Waals surface area contributed by atoms with Gasteiger partial charge in [-0.1, -0.05) is 72.1 Å². The Labute approximate surface area is 670 Å². The number of ketones is 5. The quantitative estimate of drug-likeness (QED) is 0.0369. The van der Waals surface area contributed by atoms with Crippen LogP contribution in [0.4, 0.5) is 0 Å². The summed E-state index contributed by atoms with van der Waals surface area (Å²) in [4.78, 5) is 107. The van der Waals surface area contributed by atoms with Gasteiger partial charge in [0.05, 0.1) is 109 Å². The molecule has 0 aromatic rings. The van der Waals surface area contributed by atoms with Gasteiger partial charge in [0.15, 0.2) is 18.9 Å². The Kier molecular flexibility index (Phi) is 51.3. The lowest BCUT2D eigenvalue weighted by molar-refractivity contribution is -0.282. The number of likely N-dealkylation sites (tertiary alicyclic amines) is 1. The van der Waals surface area contributed by atoms with Gasteiger partial charge < -0.3 is 114 Å². The zero-order chi connectivity index (χ0) is 83.1. The fourth-order valence-electron chi connectivity index (χ4n) is 14.3. The molecule has 0 bridgehead atoms. The van der Waals surface area contributed by atoms with Gasteiger partial charge in [-0.3, -0.25) is 38.4 Å². The Bertz CT molecular complexity index is 2580. The maximum absolute atomic E-state index is 14.2. The van der Waals surface area contributed by atoms with Crippen LogP contribution in [0.5, 0.6) is 0 Å². The van der Waals surface area contributed by atoms with Gasteiger partial charge in [-0.2, -0.15) is 0 Å². The number of aliphatic hydroxyl groups excluding tert-OH is 10. The summed E-state index contributed by atoms with van der Waals surface area (Å²) in [5.74, 6) is -2.15. The Morgan fingerprint density at radius 3 is 1.14 bits per heavy atom. The summed E-state index contributed by atoms with van der Waals surface area (Å²) in [6.45, 7) is 11.2. The van der Waals surface area contributed by atoms with Crippen LogP contribution in [0.1, 0.15) is 253 Å². The van der Waals surface area contributed by atoms with Gasteiger partial charge in [0.2, 0.25) is 17.7 Å². The van der Waals surface area contributed by atoms with Gasteiger partial charge in [0, 0.05) is 139 Å². The van der Waals surface area contributed by atoms with E-state index in [1.807, 2.05) is 20.8 Å². The lowest BCUT2D eigenvalue weighted by Gasteiger charge is -2.40. The van der Waals surface area contributed by atoms with Gasteiger partial charge >= 0.3 is 0 Å². The molecule has 4 rings (SSSR count). The van der Waals surface area contributed by atoms with Gasteiger partial charge in [-0.05, 0) is 97.8 Å². The highest BCUT2D eigenvalue weighted by Crippen LogP contribution is 2.32. The molecule has 12 N–H and O–H groups in total. The van der Waals surface area contributed by atoms with Crippen molar-refractivity contribution in [2.24, 2.45) is 23.2 Å². The van der Waals surface area contributed by atoms with Crippen LogP contribution in [-0.4, -0.2) is 300 Å². The van der Waals surface area contributed by atoms with Gasteiger partial charge in [0.1, 0.15) is 65.5 Å². The van der Waals surface area contributed by atoms with Crippen molar-refractivity contribution in [2.45, 2.75) is 345 Å². The van der Waals surface area contributed by atoms with Gasteiger partial charge in [0.25, 0.3) is 0 Å². The molecule has 18 atom stereocenters. The smallest absolute Gasteiger partial charge is 0.222 e. The first-order valence-electron chi connectivity index (χ1n) is 42.2. The number of nitrogens with one attached hydrogen (secondary N) is 2. The summed E-state index contributed by atoms with van der Waals surface area (Å²) in [6, 6.07) is -0.138. The maximum atomic E-state index is 14.2. The van der Waals surface area contributed by atoms with Crippen LogP contribution in [0.15, 0.2) is 0 Å². The lowest BCUT2D eigenvalue weighted by Crippen LogP contribution is -2.55. The fourth-order valence-corrected chi connectivity index (χ4v) is 14.3. The van der Waals surface area contributed by atoms with Crippen LogP contribution >= 0.6 is 0 Å². The molecule has 4 fully saturated rings. The third-order valence-electron chi connectivity index (χ3n) is 21.6. The summed E-state index contributed by atoms with van der Waals surface area (Å²) < 4.78 is 58.7. The average molecular weight is 1620 g/mol. The molecule has 0 radical (unpaired) electrons. The van der Waals surface area contributed by atoms with E-state index in [0.717, 1.165) is 44.9 Å². The number of unbranched alkanes of at least 4 members (excludes halogenated alkanes) is 13. The third-order valence-corrected chi connectivity index (χ3v) is 21.6. The van der Waals surface area contributed by atoms with E-state index in [1.165, 1.54) is 0 Å². The van der Waals surface area contributed by atoms with Crippen LogP contribution in [0.2, 0.25) is 0 Å². The Balaban J connectivity index is 1.28. The summed E-state index contributed by atoms with van der Waals surface area (Å²) >= 11 is 0. The summed E-state index contributed by atoms with van der Waals surface area (Å²) in [7, 11) is 0. The number of nitrogens with zero attached hydrogens (tertiary/aromatic N) is 1. The molecule has 4 saturated heterocycles. The minimum atomic E-state index is -1.26. The van der Waals surface area contributed by atoms with Crippen LogP contribution in [0.25, 0.3) is 0 Å². The first-order valence-corrected chi connectivity index (χ1v) is 42.2. The number of amides is 3. The van der Waals surface area contributed by atoms with Gasteiger partial charge in [-0.15, -0.1) is 0 Å². The van der Waals surface area contributed by atoms with E-state index in [0.29, 0.717) is 122 Å². The van der Waals surface area contributed by atoms with Crippen molar-refractivity contribution in [1.29, 1.82) is 0 Å². The summed E-state index contributed by atoms with van der Waals surface area (Å²) in [6.07, 6.45) is 3.23. The zero-order valence-electron chi connectivity index (χ0n) is 68.7. The second kappa shape index (κ2) is 57.2. The molecule has 113 heavy (non-hydrogen) atoms. The SMILES string of the molecule is CC1C(OCCCCC(=O)CCCCCC(=O)CCOCC(COCCC(=O)CCCCCC(=O)CCOC2OC(CO)C(O)C(O)C2C)(COCCC(=O)NCCCNC(=O)CCCCOC2OC(CO)C(O)C(O)C2C)CC(=O)CCCCCCCCCCC(=O)N2C[C@H](O)C[C@H]2COC(C)(C)C)OC(CO)C(O)C1O. The molecule has 656 valence electrons. The molecular formula is C82H145N3O28. The van der Waals surface area contributed by atoms with Crippen molar-refractivity contribution in [3.8, 4) is 0 Å². The topological polar surface area (TPSA) is 458 Å². The minimum Gasteiger partial charge on any atom is -0.394 e. The molecule has 0 spiro atoms. The predicted octanol–water partition coefficient (Wildman–Crippen LogP) is 4.64. The number of carbonyl (C=O) groups is 8. The van der Waals surface area contributed by atoms with Crippen LogP contribution < -0.4 is 10.6 Å². The van der Waals surface area contributed by atoms with Crippen LogP contribution in [-0.2, 0) is 85.7 Å².